The molecule has 0 aromatic heterocycles. The van der Waals surface area contributed by atoms with Gasteiger partial charge in [0.05, 0.1) is 6.10 Å². The molecule has 4 heteroatoms. The highest BCUT2D eigenvalue weighted by Gasteiger charge is 2.44. The molecule has 3 heterocycles. The van der Waals surface area contributed by atoms with E-state index in [1.165, 1.54) is 5.56 Å². The summed E-state index contributed by atoms with van der Waals surface area (Å²) < 4.78 is 0. The number of aliphatic hydroxyl groups is 1. The summed E-state index contributed by atoms with van der Waals surface area (Å²) in [4.78, 5) is 15.8. The van der Waals surface area contributed by atoms with E-state index < -0.39 is 6.10 Å². The van der Waals surface area contributed by atoms with Gasteiger partial charge in [0.15, 0.2) is 5.78 Å². The number of ketones is 1. The average molecular weight is 348 g/mol. The van der Waals surface area contributed by atoms with Gasteiger partial charge in [-0.3, -0.25) is 4.79 Å². The van der Waals surface area contributed by atoms with E-state index in [9.17, 15) is 9.90 Å². The standard InChI is InChI=1S/C22H24N2O2/c25-19-10-13-24-18-9-12-23-11-8-15(18)20-17(7-6-16(19)21(20)24)22(26)14-4-2-1-3-5-14/h1-7,15,18-19,23,25H,8-13H2. The highest BCUT2D eigenvalue weighted by atomic mass is 16.3. The molecule has 134 valence electrons. The van der Waals surface area contributed by atoms with E-state index in [0.717, 1.165) is 61.3 Å². The molecule has 0 amide bonds. The quantitative estimate of drug-likeness (QED) is 0.819. The molecule has 2 aromatic rings. The third-order valence-corrected chi connectivity index (χ3v) is 6.30. The van der Waals surface area contributed by atoms with Crippen LogP contribution in [0.4, 0.5) is 5.69 Å². The number of anilines is 1. The minimum absolute atomic E-state index is 0.0984. The van der Waals surface area contributed by atoms with Crippen molar-refractivity contribution in [1.29, 1.82) is 0 Å². The van der Waals surface area contributed by atoms with E-state index >= 15 is 0 Å². The van der Waals surface area contributed by atoms with Crippen LogP contribution in [0, 0.1) is 0 Å². The van der Waals surface area contributed by atoms with Crippen molar-refractivity contribution in [3.05, 3.63) is 64.7 Å². The predicted molar refractivity (Wildman–Crippen MR) is 102 cm³/mol. The van der Waals surface area contributed by atoms with E-state index in [1.54, 1.807) is 0 Å². The third-order valence-electron chi connectivity index (χ3n) is 6.30. The van der Waals surface area contributed by atoms with Crippen molar-refractivity contribution in [3.63, 3.8) is 0 Å². The molecule has 0 aliphatic carbocycles. The number of fused-ring (bicyclic) bond motifs is 3. The van der Waals surface area contributed by atoms with Gasteiger partial charge in [-0.05, 0) is 37.9 Å². The molecule has 1 saturated heterocycles. The maximum Gasteiger partial charge on any atom is 0.193 e. The van der Waals surface area contributed by atoms with Crippen molar-refractivity contribution >= 4 is 11.5 Å². The number of carbonyl (C=O) groups excluding carboxylic acids is 1. The van der Waals surface area contributed by atoms with E-state index in [2.05, 4.69) is 10.2 Å². The van der Waals surface area contributed by atoms with Crippen LogP contribution in [0.15, 0.2) is 42.5 Å². The average Bonchev–Trinajstić information content (AvgIpc) is 2.83. The van der Waals surface area contributed by atoms with Gasteiger partial charge in [0, 0.05) is 40.9 Å². The zero-order chi connectivity index (χ0) is 17.7. The number of aliphatic hydroxyl groups excluding tert-OH is 1. The SMILES string of the molecule is O=C(c1ccccc1)c1ccc2c3c1C1CCNCCC1N3CCC2O. The summed E-state index contributed by atoms with van der Waals surface area (Å²) in [6.07, 6.45) is 2.49. The molecule has 4 nitrogen and oxygen atoms in total. The highest BCUT2D eigenvalue weighted by molar-refractivity contribution is 6.11. The van der Waals surface area contributed by atoms with Crippen LogP contribution < -0.4 is 10.2 Å². The Balaban J connectivity index is 1.69. The molecular weight excluding hydrogens is 324 g/mol. The zero-order valence-corrected chi connectivity index (χ0v) is 14.8. The Morgan fingerprint density at radius 1 is 1.04 bits per heavy atom. The lowest BCUT2D eigenvalue weighted by Crippen LogP contribution is -2.38. The van der Waals surface area contributed by atoms with Gasteiger partial charge >= 0.3 is 0 Å². The molecule has 3 atom stereocenters. The minimum atomic E-state index is -0.415. The first kappa shape index (κ1) is 16.0. The van der Waals surface area contributed by atoms with Crippen LogP contribution in [-0.4, -0.2) is 36.6 Å². The minimum Gasteiger partial charge on any atom is -0.388 e. The Hall–Kier alpha value is -2.17. The summed E-state index contributed by atoms with van der Waals surface area (Å²) in [5.41, 5.74) is 4.91. The van der Waals surface area contributed by atoms with Crippen LogP contribution in [0.2, 0.25) is 0 Å². The van der Waals surface area contributed by atoms with Crippen LogP contribution in [0.25, 0.3) is 0 Å². The lowest BCUT2D eigenvalue weighted by molar-refractivity contribution is 0.103. The van der Waals surface area contributed by atoms with E-state index in [0.29, 0.717) is 12.0 Å². The molecule has 3 aliphatic rings. The number of nitrogens with one attached hydrogen (secondary N) is 1. The van der Waals surface area contributed by atoms with Crippen LogP contribution in [-0.2, 0) is 0 Å². The van der Waals surface area contributed by atoms with E-state index in [-0.39, 0.29) is 5.78 Å². The first-order valence-corrected chi connectivity index (χ1v) is 9.67. The normalized spacial score (nSPS) is 26.8. The summed E-state index contributed by atoms with van der Waals surface area (Å²) in [5, 5.41) is 14.1. The maximum absolute atomic E-state index is 13.3. The number of hydrogen-bond acceptors (Lipinski definition) is 4. The van der Waals surface area contributed by atoms with Crippen LogP contribution >= 0.6 is 0 Å². The van der Waals surface area contributed by atoms with Gasteiger partial charge in [-0.25, -0.2) is 0 Å². The fourth-order valence-corrected chi connectivity index (χ4v) is 5.13. The second-order valence-corrected chi connectivity index (χ2v) is 7.66. The number of nitrogens with zero attached hydrogens (tertiary/aromatic N) is 1. The Labute approximate surface area is 153 Å². The predicted octanol–water partition coefficient (Wildman–Crippen LogP) is 3.01. The van der Waals surface area contributed by atoms with Crippen molar-refractivity contribution < 1.29 is 9.90 Å². The lowest BCUT2D eigenvalue weighted by atomic mass is 9.84. The summed E-state index contributed by atoms with van der Waals surface area (Å²) in [6, 6.07) is 13.9. The van der Waals surface area contributed by atoms with E-state index in [4.69, 9.17) is 0 Å². The lowest BCUT2D eigenvalue weighted by Gasteiger charge is -2.35. The monoisotopic (exact) mass is 348 g/mol. The topological polar surface area (TPSA) is 52.6 Å². The van der Waals surface area contributed by atoms with Crippen LogP contribution in [0.3, 0.4) is 0 Å². The number of hydrogen-bond donors (Lipinski definition) is 2. The zero-order valence-electron chi connectivity index (χ0n) is 14.8. The number of benzene rings is 2. The van der Waals surface area contributed by atoms with Crippen LogP contribution in [0.1, 0.15) is 58.3 Å². The Morgan fingerprint density at radius 3 is 2.69 bits per heavy atom. The fraction of sp³-hybridized carbons (Fsp3) is 0.409. The molecule has 0 bridgehead atoms. The van der Waals surface area contributed by atoms with E-state index in [1.807, 2.05) is 42.5 Å². The Bertz CT molecular complexity index is 849. The third kappa shape index (κ3) is 2.32. The van der Waals surface area contributed by atoms with Crippen molar-refractivity contribution in [3.8, 4) is 0 Å². The van der Waals surface area contributed by atoms with Crippen molar-refractivity contribution in [2.45, 2.75) is 37.3 Å². The second-order valence-electron chi connectivity index (χ2n) is 7.66. The molecular formula is C22H24N2O2. The van der Waals surface area contributed by atoms with Gasteiger partial charge in [-0.2, -0.15) is 0 Å². The summed E-state index contributed by atoms with van der Waals surface area (Å²) >= 11 is 0. The maximum atomic E-state index is 13.3. The highest BCUT2D eigenvalue weighted by Crippen LogP contribution is 2.52. The number of rotatable bonds is 2. The Kier molecular flexibility index (Phi) is 3.84. The van der Waals surface area contributed by atoms with Crippen molar-refractivity contribution in [1.82, 2.24) is 5.32 Å². The molecule has 0 spiro atoms. The molecule has 0 saturated carbocycles. The molecule has 2 N–H and O–H groups in total. The van der Waals surface area contributed by atoms with Gasteiger partial charge in [0.1, 0.15) is 0 Å². The van der Waals surface area contributed by atoms with Crippen molar-refractivity contribution in [2.24, 2.45) is 0 Å². The molecule has 3 aliphatic heterocycles. The second kappa shape index (κ2) is 6.22. The van der Waals surface area contributed by atoms with Gasteiger partial charge in [-0.1, -0.05) is 42.5 Å². The smallest absolute Gasteiger partial charge is 0.193 e. The molecule has 1 fully saturated rings. The van der Waals surface area contributed by atoms with Crippen molar-refractivity contribution in [2.75, 3.05) is 24.5 Å². The first-order chi connectivity index (χ1) is 12.8. The molecule has 26 heavy (non-hydrogen) atoms. The largest absolute Gasteiger partial charge is 0.388 e. The first-order valence-electron chi connectivity index (χ1n) is 9.67. The van der Waals surface area contributed by atoms with Gasteiger partial charge in [0.25, 0.3) is 0 Å². The number of carbonyl (C=O) groups is 1. The summed E-state index contributed by atoms with van der Waals surface area (Å²) in [6.45, 7) is 2.89. The molecule has 3 unspecified atom stereocenters. The van der Waals surface area contributed by atoms with Crippen LogP contribution in [0.5, 0.6) is 0 Å². The van der Waals surface area contributed by atoms with Gasteiger partial charge < -0.3 is 15.3 Å². The molecule has 0 radical (unpaired) electrons. The van der Waals surface area contributed by atoms with Gasteiger partial charge in [0.2, 0.25) is 0 Å². The fourth-order valence-electron chi connectivity index (χ4n) is 5.13. The van der Waals surface area contributed by atoms with Gasteiger partial charge in [-0.15, -0.1) is 0 Å². The summed E-state index contributed by atoms with van der Waals surface area (Å²) in [7, 11) is 0. The molecule has 2 aromatic carbocycles. The summed E-state index contributed by atoms with van der Waals surface area (Å²) in [5.74, 6) is 0.467. The molecule has 5 rings (SSSR count). The Morgan fingerprint density at radius 2 is 1.85 bits per heavy atom.